The van der Waals surface area contributed by atoms with Crippen LogP contribution in [0, 0.1) is 0 Å². The minimum Gasteiger partial charge on any atom is -0.507 e. The third-order valence-corrected chi connectivity index (χ3v) is 3.69. The number of hydrogen-bond donors (Lipinski definition) is 1. The summed E-state index contributed by atoms with van der Waals surface area (Å²) in [6.07, 6.45) is 4.25. The average molecular weight is 284 g/mol. The smallest absolute Gasteiger partial charge is 0.126 e. The number of hydrogen-bond acceptors (Lipinski definition) is 2. The second kappa shape index (κ2) is 7.16. The molecule has 2 heteroatoms. The Labute approximate surface area is 127 Å². The highest BCUT2D eigenvalue weighted by molar-refractivity contribution is 5.76. The van der Waals surface area contributed by atoms with Gasteiger partial charge in [0.15, 0.2) is 0 Å². The van der Waals surface area contributed by atoms with Gasteiger partial charge in [0.2, 0.25) is 0 Å². The largest absolute Gasteiger partial charge is 0.507 e. The highest BCUT2D eigenvalue weighted by atomic mass is 16.5. The molecule has 0 aliphatic carbocycles. The lowest BCUT2D eigenvalue weighted by Gasteiger charge is -2.13. The van der Waals surface area contributed by atoms with Gasteiger partial charge in [0, 0.05) is 11.1 Å². The van der Waals surface area contributed by atoms with Crippen molar-refractivity contribution in [2.75, 3.05) is 7.11 Å². The van der Waals surface area contributed by atoms with Crippen molar-refractivity contribution in [2.24, 2.45) is 0 Å². The second-order valence-electron chi connectivity index (χ2n) is 5.39. The van der Waals surface area contributed by atoms with E-state index < -0.39 is 0 Å². The maximum atomic E-state index is 10.2. The predicted molar refractivity (Wildman–Crippen MR) is 88.1 cm³/mol. The Balaban J connectivity index is 2.52. The Morgan fingerprint density at radius 1 is 0.857 bits per heavy atom. The molecule has 0 bridgehead atoms. The highest BCUT2D eigenvalue weighted by Crippen LogP contribution is 2.37. The van der Waals surface area contributed by atoms with Crippen molar-refractivity contribution in [3.8, 4) is 22.6 Å². The molecule has 0 heterocycles. The SMILES string of the molecule is CCCc1ccc(O)c(-c2cc(CCC)ccc2OC)c1. The second-order valence-corrected chi connectivity index (χ2v) is 5.39. The van der Waals surface area contributed by atoms with Crippen LogP contribution in [0.2, 0.25) is 0 Å². The first-order valence-corrected chi connectivity index (χ1v) is 7.68. The van der Waals surface area contributed by atoms with Crippen molar-refractivity contribution in [1.82, 2.24) is 0 Å². The molecule has 0 aliphatic rings. The van der Waals surface area contributed by atoms with Crippen molar-refractivity contribution in [1.29, 1.82) is 0 Å². The number of aryl methyl sites for hydroxylation is 2. The van der Waals surface area contributed by atoms with Crippen LogP contribution in [-0.2, 0) is 12.8 Å². The molecule has 0 fully saturated rings. The van der Waals surface area contributed by atoms with Crippen LogP contribution in [0.1, 0.15) is 37.8 Å². The molecule has 0 spiro atoms. The van der Waals surface area contributed by atoms with Crippen molar-refractivity contribution >= 4 is 0 Å². The molecule has 0 atom stereocenters. The monoisotopic (exact) mass is 284 g/mol. The molecule has 2 nitrogen and oxygen atoms in total. The number of rotatable bonds is 6. The van der Waals surface area contributed by atoms with E-state index in [1.165, 1.54) is 11.1 Å². The van der Waals surface area contributed by atoms with E-state index >= 15 is 0 Å². The van der Waals surface area contributed by atoms with E-state index in [0.29, 0.717) is 5.75 Å². The molecular weight excluding hydrogens is 260 g/mol. The van der Waals surface area contributed by atoms with Crippen LogP contribution in [0.5, 0.6) is 11.5 Å². The van der Waals surface area contributed by atoms with Gasteiger partial charge in [-0.3, -0.25) is 0 Å². The van der Waals surface area contributed by atoms with E-state index in [1.54, 1.807) is 13.2 Å². The molecular formula is C19H24O2. The van der Waals surface area contributed by atoms with Gasteiger partial charge in [-0.1, -0.05) is 38.8 Å². The van der Waals surface area contributed by atoms with E-state index in [1.807, 2.05) is 12.1 Å². The van der Waals surface area contributed by atoms with Crippen molar-refractivity contribution < 1.29 is 9.84 Å². The third kappa shape index (κ3) is 3.57. The van der Waals surface area contributed by atoms with Crippen LogP contribution in [0.25, 0.3) is 11.1 Å². The van der Waals surface area contributed by atoms with Gasteiger partial charge in [-0.05, 0) is 48.2 Å². The van der Waals surface area contributed by atoms with Crippen LogP contribution < -0.4 is 4.74 Å². The Hall–Kier alpha value is -1.96. The van der Waals surface area contributed by atoms with Gasteiger partial charge in [-0.15, -0.1) is 0 Å². The fourth-order valence-electron chi connectivity index (χ4n) is 2.65. The summed E-state index contributed by atoms with van der Waals surface area (Å²) < 4.78 is 5.48. The first kappa shape index (κ1) is 15.4. The topological polar surface area (TPSA) is 29.5 Å². The normalized spacial score (nSPS) is 10.6. The van der Waals surface area contributed by atoms with E-state index in [9.17, 15) is 5.11 Å². The Kier molecular flexibility index (Phi) is 5.26. The lowest BCUT2D eigenvalue weighted by atomic mass is 9.96. The Morgan fingerprint density at radius 3 is 2.00 bits per heavy atom. The minimum absolute atomic E-state index is 0.307. The zero-order valence-corrected chi connectivity index (χ0v) is 13.1. The molecule has 0 aromatic heterocycles. The lowest BCUT2D eigenvalue weighted by molar-refractivity contribution is 0.415. The molecule has 21 heavy (non-hydrogen) atoms. The van der Waals surface area contributed by atoms with Gasteiger partial charge >= 0.3 is 0 Å². The molecule has 0 saturated carbocycles. The number of methoxy groups -OCH3 is 1. The molecule has 2 aromatic carbocycles. The van der Waals surface area contributed by atoms with Crippen molar-refractivity contribution in [3.05, 3.63) is 47.5 Å². The van der Waals surface area contributed by atoms with E-state index in [0.717, 1.165) is 42.6 Å². The maximum absolute atomic E-state index is 10.2. The fraction of sp³-hybridized carbons (Fsp3) is 0.368. The van der Waals surface area contributed by atoms with E-state index in [-0.39, 0.29) is 0 Å². The molecule has 0 unspecified atom stereocenters. The molecule has 112 valence electrons. The van der Waals surface area contributed by atoms with Gasteiger partial charge in [0.05, 0.1) is 7.11 Å². The van der Waals surface area contributed by atoms with Crippen LogP contribution in [-0.4, -0.2) is 12.2 Å². The molecule has 0 aliphatic heterocycles. The number of phenols is 1. The molecule has 0 saturated heterocycles. The van der Waals surface area contributed by atoms with Gasteiger partial charge in [0.25, 0.3) is 0 Å². The number of phenolic OH excluding ortho intramolecular Hbond substituents is 1. The summed E-state index contributed by atoms with van der Waals surface area (Å²) in [6, 6.07) is 12.1. The predicted octanol–water partition coefficient (Wildman–Crippen LogP) is 4.97. The molecule has 0 amide bonds. The quantitative estimate of drug-likeness (QED) is 0.811. The van der Waals surface area contributed by atoms with Crippen LogP contribution in [0.15, 0.2) is 36.4 Å². The number of ether oxygens (including phenoxy) is 1. The van der Waals surface area contributed by atoms with Gasteiger partial charge < -0.3 is 9.84 Å². The van der Waals surface area contributed by atoms with Gasteiger partial charge in [-0.2, -0.15) is 0 Å². The third-order valence-electron chi connectivity index (χ3n) is 3.69. The average Bonchev–Trinajstić information content (AvgIpc) is 2.50. The summed E-state index contributed by atoms with van der Waals surface area (Å²) in [6.45, 7) is 4.33. The number of aromatic hydroxyl groups is 1. The highest BCUT2D eigenvalue weighted by Gasteiger charge is 2.12. The molecule has 0 radical (unpaired) electrons. The molecule has 1 N–H and O–H groups in total. The zero-order valence-electron chi connectivity index (χ0n) is 13.1. The van der Waals surface area contributed by atoms with Crippen LogP contribution in [0.3, 0.4) is 0 Å². The van der Waals surface area contributed by atoms with Crippen molar-refractivity contribution in [3.63, 3.8) is 0 Å². The van der Waals surface area contributed by atoms with Gasteiger partial charge in [-0.25, -0.2) is 0 Å². The summed E-state index contributed by atoms with van der Waals surface area (Å²) in [5.74, 6) is 1.11. The first-order valence-electron chi connectivity index (χ1n) is 7.68. The standard InChI is InChI=1S/C19H24O2/c1-4-6-14-8-10-18(20)16(12-14)17-13-15(7-5-2)9-11-19(17)21-3/h8-13,20H,4-7H2,1-3H3. The van der Waals surface area contributed by atoms with E-state index in [4.69, 9.17) is 4.74 Å². The molecule has 2 rings (SSSR count). The van der Waals surface area contributed by atoms with Crippen LogP contribution in [0.4, 0.5) is 0 Å². The van der Waals surface area contributed by atoms with E-state index in [2.05, 4.69) is 32.0 Å². The Bertz CT molecular complexity index is 603. The summed E-state index contributed by atoms with van der Waals surface area (Å²) >= 11 is 0. The molecule has 2 aromatic rings. The minimum atomic E-state index is 0.307. The number of benzene rings is 2. The van der Waals surface area contributed by atoms with Crippen LogP contribution >= 0.6 is 0 Å². The summed E-state index contributed by atoms with van der Waals surface area (Å²) in [5, 5.41) is 10.2. The fourth-order valence-corrected chi connectivity index (χ4v) is 2.65. The lowest BCUT2D eigenvalue weighted by Crippen LogP contribution is -1.93. The van der Waals surface area contributed by atoms with Gasteiger partial charge in [0.1, 0.15) is 11.5 Å². The summed E-state index contributed by atoms with van der Waals surface area (Å²) in [4.78, 5) is 0. The van der Waals surface area contributed by atoms with Crippen molar-refractivity contribution in [2.45, 2.75) is 39.5 Å². The summed E-state index contributed by atoms with van der Waals surface area (Å²) in [7, 11) is 1.67. The summed E-state index contributed by atoms with van der Waals surface area (Å²) in [5.41, 5.74) is 4.34. The Morgan fingerprint density at radius 2 is 1.43 bits per heavy atom. The zero-order chi connectivity index (χ0) is 15.2. The first-order chi connectivity index (χ1) is 10.2. The maximum Gasteiger partial charge on any atom is 0.126 e.